The van der Waals surface area contributed by atoms with Crippen LogP contribution in [0.15, 0.2) is 0 Å². The maximum absolute atomic E-state index is 10.8. The van der Waals surface area contributed by atoms with Gasteiger partial charge < -0.3 is 14.9 Å². The van der Waals surface area contributed by atoms with Crippen LogP contribution in [0.4, 0.5) is 0 Å². The van der Waals surface area contributed by atoms with Crippen molar-refractivity contribution >= 4 is 5.97 Å². The number of carbonyl (C=O) groups excluding carboxylic acids is 1. The minimum atomic E-state index is -0.763. The number of hydrogen-bond acceptors (Lipinski definition) is 4. The van der Waals surface area contributed by atoms with Gasteiger partial charge in [-0.3, -0.25) is 4.79 Å². The molecule has 1 rings (SSSR count). The highest BCUT2D eigenvalue weighted by Crippen LogP contribution is 2.17. The molecule has 1 fully saturated rings. The number of aliphatic hydroxyl groups is 2. The summed E-state index contributed by atoms with van der Waals surface area (Å²) in [5.41, 5.74) is 0. The largest absolute Gasteiger partial charge is 0.462 e. The lowest BCUT2D eigenvalue weighted by Crippen LogP contribution is -2.28. The standard InChI is InChI=1S/C8H14O4/c9-5-6(10)4-7-2-1-3-8(11)12-7/h6-7,9-10H,1-5H2/t6-,7+/m1/s1. The molecule has 2 atom stereocenters. The van der Waals surface area contributed by atoms with Crippen LogP contribution in [0.2, 0.25) is 0 Å². The van der Waals surface area contributed by atoms with E-state index in [0.29, 0.717) is 12.8 Å². The van der Waals surface area contributed by atoms with Gasteiger partial charge in [-0.1, -0.05) is 0 Å². The molecule has 1 saturated heterocycles. The number of ether oxygens (including phenoxy) is 1. The quantitative estimate of drug-likeness (QED) is 0.583. The van der Waals surface area contributed by atoms with Crippen LogP contribution < -0.4 is 0 Å². The first-order valence-electron chi connectivity index (χ1n) is 4.20. The summed E-state index contributed by atoms with van der Waals surface area (Å²) in [5.74, 6) is -0.198. The van der Waals surface area contributed by atoms with Gasteiger partial charge in [0.15, 0.2) is 0 Å². The van der Waals surface area contributed by atoms with Crippen LogP contribution in [0, 0.1) is 0 Å². The molecule has 2 N–H and O–H groups in total. The van der Waals surface area contributed by atoms with Crippen LogP contribution in [-0.2, 0) is 9.53 Å². The van der Waals surface area contributed by atoms with Crippen LogP contribution in [-0.4, -0.2) is 35.0 Å². The van der Waals surface area contributed by atoms with E-state index in [4.69, 9.17) is 14.9 Å². The van der Waals surface area contributed by atoms with Crippen LogP contribution in [0.25, 0.3) is 0 Å². The average molecular weight is 174 g/mol. The molecule has 1 heterocycles. The van der Waals surface area contributed by atoms with E-state index in [1.807, 2.05) is 0 Å². The van der Waals surface area contributed by atoms with Crippen molar-refractivity contribution in [1.29, 1.82) is 0 Å². The predicted molar refractivity (Wildman–Crippen MR) is 41.4 cm³/mol. The topological polar surface area (TPSA) is 66.8 Å². The molecule has 1 aliphatic heterocycles. The van der Waals surface area contributed by atoms with Gasteiger partial charge >= 0.3 is 5.97 Å². The molecule has 0 spiro atoms. The molecule has 0 aromatic heterocycles. The van der Waals surface area contributed by atoms with E-state index in [0.717, 1.165) is 12.8 Å². The van der Waals surface area contributed by atoms with Gasteiger partial charge in [-0.2, -0.15) is 0 Å². The molecular weight excluding hydrogens is 160 g/mol. The smallest absolute Gasteiger partial charge is 0.306 e. The summed E-state index contributed by atoms with van der Waals surface area (Å²) in [4.78, 5) is 10.8. The number of carbonyl (C=O) groups is 1. The van der Waals surface area contributed by atoms with Gasteiger partial charge in [-0.05, 0) is 12.8 Å². The zero-order valence-corrected chi connectivity index (χ0v) is 6.90. The van der Waals surface area contributed by atoms with Gasteiger partial charge in [0.25, 0.3) is 0 Å². The fraction of sp³-hybridized carbons (Fsp3) is 0.875. The Kier molecular flexibility index (Phi) is 3.49. The monoisotopic (exact) mass is 174 g/mol. The van der Waals surface area contributed by atoms with Crippen molar-refractivity contribution in [1.82, 2.24) is 0 Å². The molecule has 0 aliphatic carbocycles. The molecule has 12 heavy (non-hydrogen) atoms. The molecular formula is C8H14O4. The molecule has 0 aromatic carbocycles. The minimum Gasteiger partial charge on any atom is -0.462 e. The van der Waals surface area contributed by atoms with Crippen molar-refractivity contribution in [2.75, 3.05) is 6.61 Å². The van der Waals surface area contributed by atoms with Gasteiger partial charge in [0.1, 0.15) is 6.10 Å². The Morgan fingerprint density at radius 1 is 1.67 bits per heavy atom. The third kappa shape index (κ3) is 2.79. The molecule has 0 unspecified atom stereocenters. The average Bonchev–Trinajstić information content (AvgIpc) is 2.04. The Labute approximate surface area is 71.2 Å². The first-order chi connectivity index (χ1) is 5.72. The summed E-state index contributed by atoms with van der Waals surface area (Å²) in [6.07, 6.45) is 1.48. The molecule has 4 heteroatoms. The van der Waals surface area contributed by atoms with Crippen LogP contribution in [0.3, 0.4) is 0 Å². The number of hydrogen-bond donors (Lipinski definition) is 2. The molecule has 4 nitrogen and oxygen atoms in total. The van der Waals surface area contributed by atoms with Gasteiger partial charge in [-0.15, -0.1) is 0 Å². The lowest BCUT2D eigenvalue weighted by Gasteiger charge is -2.23. The Balaban J connectivity index is 2.27. The molecule has 1 aliphatic rings. The van der Waals surface area contributed by atoms with E-state index >= 15 is 0 Å². The van der Waals surface area contributed by atoms with E-state index in [9.17, 15) is 4.79 Å². The van der Waals surface area contributed by atoms with Crippen molar-refractivity contribution in [2.45, 2.75) is 37.9 Å². The zero-order chi connectivity index (χ0) is 8.97. The number of esters is 1. The molecule has 0 radical (unpaired) electrons. The summed E-state index contributed by atoms with van der Waals surface area (Å²) < 4.78 is 4.95. The lowest BCUT2D eigenvalue weighted by molar-refractivity contribution is -0.155. The minimum absolute atomic E-state index is 0.198. The van der Waals surface area contributed by atoms with Crippen LogP contribution in [0.5, 0.6) is 0 Å². The van der Waals surface area contributed by atoms with E-state index < -0.39 is 6.10 Å². The third-order valence-electron chi connectivity index (χ3n) is 1.95. The first kappa shape index (κ1) is 9.48. The summed E-state index contributed by atoms with van der Waals surface area (Å²) in [7, 11) is 0. The molecule has 70 valence electrons. The fourth-order valence-corrected chi connectivity index (χ4v) is 1.32. The summed E-state index contributed by atoms with van der Waals surface area (Å²) >= 11 is 0. The van der Waals surface area contributed by atoms with Gasteiger partial charge in [-0.25, -0.2) is 0 Å². The van der Waals surface area contributed by atoms with E-state index in [2.05, 4.69) is 0 Å². The summed E-state index contributed by atoms with van der Waals surface area (Å²) in [6, 6.07) is 0. The lowest BCUT2D eigenvalue weighted by atomic mass is 10.0. The van der Waals surface area contributed by atoms with Gasteiger partial charge in [0.05, 0.1) is 12.7 Å². The highest BCUT2D eigenvalue weighted by molar-refractivity contribution is 5.70. The summed E-state index contributed by atoms with van der Waals surface area (Å²) in [5, 5.41) is 17.6. The van der Waals surface area contributed by atoms with Crippen molar-refractivity contribution < 1.29 is 19.7 Å². The third-order valence-corrected chi connectivity index (χ3v) is 1.95. The second-order valence-electron chi connectivity index (χ2n) is 3.08. The molecule has 0 amide bonds. The maximum Gasteiger partial charge on any atom is 0.306 e. The normalized spacial score (nSPS) is 26.5. The first-order valence-corrected chi connectivity index (χ1v) is 4.20. The van der Waals surface area contributed by atoms with Crippen molar-refractivity contribution in [3.8, 4) is 0 Å². The second kappa shape index (κ2) is 4.42. The Morgan fingerprint density at radius 3 is 3.00 bits per heavy atom. The molecule has 0 bridgehead atoms. The molecule has 0 aromatic rings. The Bertz CT molecular complexity index is 157. The molecule has 0 saturated carbocycles. The predicted octanol–water partition coefficient (Wildman–Crippen LogP) is -0.175. The van der Waals surface area contributed by atoms with Crippen molar-refractivity contribution in [3.63, 3.8) is 0 Å². The Hall–Kier alpha value is -0.610. The highest BCUT2D eigenvalue weighted by Gasteiger charge is 2.22. The SMILES string of the molecule is O=C1CCC[C@@H](C[C@@H](O)CO)O1. The zero-order valence-electron chi connectivity index (χ0n) is 6.90. The van der Waals surface area contributed by atoms with E-state index in [-0.39, 0.29) is 18.7 Å². The maximum atomic E-state index is 10.8. The Morgan fingerprint density at radius 2 is 2.42 bits per heavy atom. The van der Waals surface area contributed by atoms with Crippen LogP contribution in [0.1, 0.15) is 25.7 Å². The number of cyclic esters (lactones) is 1. The van der Waals surface area contributed by atoms with Crippen LogP contribution >= 0.6 is 0 Å². The van der Waals surface area contributed by atoms with Gasteiger partial charge in [0, 0.05) is 12.8 Å². The second-order valence-corrected chi connectivity index (χ2v) is 3.08. The van der Waals surface area contributed by atoms with E-state index in [1.165, 1.54) is 0 Å². The fourth-order valence-electron chi connectivity index (χ4n) is 1.32. The number of aliphatic hydroxyl groups excluding tert-OH is 2. The highest BCUT2D eigenvalue weighted by atomic mass is 16.5. The van der Waals surface area contributed by atoms with Gasteiger partial charge in [0.2, 0.25) is 0 Å². The summed E-state index contributed by atoms with van der Waals surface area (Å²) in [6.45, 7) is -0.270. The van der Waals surface area contributed by atoms with Crippen molar-refractivity contribution in [3.05, 3.63) is 0 Å². The van der Waals surface area contributed by atoms with Crippen molar-refractivity contribution in [2.24, 2.45) is 0 Å². The van der Waals surface area contributed by atoms with E-state index in [1.54, 1.807) is 0 Å². The number of rotatable bonds is 3.